The van der Waals surface area contributed by atoms with Gasteiger partial charge in [-0.15, -0.1) is 11.3 Å². The Bertz CT molecular complexity index is 934. The molecule has 3 aromatic rings. The van der Waals surface area contributed by atoms with Crippen molar-refractivity contribution in [2.45, 2.75) is 18.9 Å². The van der Waals surface area contributed by atoms with Crippen molar-refractivity contribution in [2.24, 2.45) is 0 Å². The highest BCUT2D eigenvalue weighted by Crippen LogP contribution is 2.37. The van der Waals surface area contributed by atoms with E-state index in [0.29, 0.717) is 17.0 Å². The maximum atomic E-state index is 13.9. The summed E-state index contributed by atoms with van der Waals surface area (Å²) in [6.45, 7) is 0.0812. The molecule has 0 saturated carbocycles. The molecule has 0 saturated heterocycles. The zero-order valence-electron chi connectivity index (χ0n) is 12.5. The van der Waals surface area contributed by atoms with E-state index in [9.17, 15) is 18.0 Å². The smallest absolute Gasteiger partial charge is 0.290 e. The van der Waals surface area contributed by atoms with Gasteiger partial charge in [0, 0.05) is 13.0 Å². The summed E-state index contributed by atoms with van der Waals surface area (Å²) < 4.78 is 41.1. The summed E-state index contributed by atoms with van der Waals surface area (Å²) in [4.78, 5) is 24.8. The summed E-state index contributed by atoms with van der Waals surface area (Å²) in [5.41, 5.74) is 2.14. The van der Waals surface area contributed by atoms with Crippen LogP contribution in [0.25, 0.3) is 11.0 Å². The van der Waals surface area contributed by atoms with E-state index in [1.54, 1.807) is 0 Å². The summed E-state index contributed by atoms with van der Waals surface area (Å²) >= 11 is 7.07. The Balaban J connectivity index is 1.76. The van der Waals surface area contributed by atoms with Crippen molar-refractivity contribution in [2.75, 3.05) is 6.54 Å². The number of carbonyl (C=O) groups is 1. The molecule has 0 spiro atoms. The molecule has 0 bridgehead atoms. The molecule has 1 amide bonds. The van der Waals surface area contributed by atoms with Gasteiger partial charge in [-0.25, -0.2) is 23.1 Å². The molecule has 1 aromatic carbocycles. The fourth-order valence-corrected chi connectivity index (χ4v) is 4.11. The fraction of sp³-hybridized carbons (Fsp3) is 0.267. The molecule has 10 heteroatoms. The molecule has 1 N–H and O–H groups in total. The second kappa shape index (κ2) is 5.99. The maximum absolute atomic E-state index is 13.9. The highest BCUT2D eigenvalue weighted by atomic mass is 35.5. The Hall–Kier alpha value is -2.13. The molecule has 1 aliphatic heterocycles. The number of hydrogen-bond acceptors (Lipinski definition) is 4. The zero-order chi connectivity index (χ0) is 17.7. The van der Waals surface area contributed by atoms with Gasteiger partial charge in [0.15, 0.2) is 11.6 Å². The van der Waals surface area contributed by atoms with Crippen LogP contribution in [0.4, 0.5) is 13.2 Å². The number of aromatic nitrogens is 3. The number of imidazole rings is 1. The fourth-order valence-electron chi connectivity index (χ4n) is 2.96. The SMILES string of the molecule is O=C(c1nc2c(F)ccc(Cl)c2[nH]1)N1CCc2ncsc2C1C(F)F. The largest absolute Gasteiger partial charge is 0.333 e. The highest BCUT2D eigenvalue weighted by molar-refractivity contribution is 7.09. The van der Waals surface area contributed by atoms with Gasteiger partial charge in [0.2, 0.25) is 0 Å². The van der Waals surface area contributed by atoms with Crippen LogP contribution in [0.3, 0.4) is 0 Å². The lowest BCUT2D eigenvalue weighted by Crippen LogP contribution is -2.43. The van der Waals surface area contributed by atoms with Crippen molar-refractivity contribution in [3.63, 3.8) is 0 Å². The van der Waals surface area contributed by atoms with Crippen molar-refractivity contribution in [1.29, 1.82) is 0 Å². The predicted molar refractivity (Wildman–Crippen MR) is 86.7 cm³/mol. The molecule has 3 heterocycles. The summed E-state index contributed by atoms with van der Waals surface area (Å²) in [5.74, 6) is -1.60. The van der Waals surface area contributed by atoms with Crippen molar-refractivity contribution in [3.8, 4) is 0 Å². The van der Waals surface area contributed by atoms with E-state index >= 15 is 0 Å². The van der Waals surface area contributed by atoms with Gasteiger partial charge < -0.3 is 9.88 Å². The number of nitrogens with zero attached hydrogens (tertiary/aromatic N) is 3. The number of nitrogens with one attached hydrogen (secondary N) is 1. The number of fused-ring (bicyclic) bond motifs is 2. The summed E-state index contributed by atoms with van der Waals surface area (Å²) in [7, 11) is 0. The normalized spacial score (nSPS) is 17.3. The van der Waals surface area contributed by atoms with Gasteiger partial charge in [-0.2, -0.15) is 0 Å². The second-order valence-electron chi connectivity index (χ2n) is 5.53. The molecule has 130 valence electrons. The Morgan fingerprint density at radius 1 is 1.44 bits per heavy atom. The first-order valence-electron chi connectivity index (χ1n) is 7.32. The van der Waals surface area contributed by atoms with E-state index in [1.807, 2.05) is 0 Å². The van der Waals surface area contributed by atoms with Gasteiger partial charge in [0.1, 0.15) is 11.6 Å². The predicted octanol–water partition coefficient (Wildman–Crippen LogP) is 3.82. The number of benzene rings is 1. The second-order valence-corrected chi connectivity index (χ2v) is 6.82. The van der Waals surface area contributed by atoms with E-state index in [-0.39, 0.29) is 28.4 Å². The first kappa shape index (κ1) is 16.3. The molecule has 5 nitrogen and oxygen atoms in total. The lowest BCUT2D eigenvalue weighted by molar-refractivity contribution is 0.0170. The van der Waals surface area contributed by atoms with Crippen LogP contribution in [0.5, 0.6) is 0 Å². The number of thiazole rings is 1. The van der Waals surface area contributed by atoms with Crippen LogP contribution in [-0.4, -0.2) is 38.7 Å². The third-order valence-electron chi connectivity index (χ3n) is 4.11. The van der Waals surface area contributed by atoms with Crippen molar-refractivity contribution >= 4 is 39.9 Å². The molecule has 0 radical (unpaired) electrons. The minimum Gasteiger partial charge on any atom is -0.333 e. The first-order valence-corrected chi connectivity index (χ1v) is 8.58. The Morgan fingerprint density at radius 3 is 2.96 bits per heavy atom. The number of hydrogen-bond donors (Lipinski definition) is 1. The van der Waals surface area contributed by atoms with Crippen molar-refractivity contribution < 1.29 is 18.0 Å². The summed E-state index contributed by atoms with van der Waals surface area (Å²) in [5, 5.41) is 0.191. The number of amides is 1. The van der Waals surface area contributed by atoms with Gasteiger partial charge in [0.05, 0.1) is 26.6 Å². The standard InChI is InChI=1S/C15H10ClF3N4OS/c16-6-1-2-7(17)10-9(6)21-14(22-10)15(24)23-4-3-8-12(25-5-20-8)11(23)13(18)19/h1-2,5,11,13H,3-4H2,(H,21,22). The van der Waals surface area contributed by atoms with Gasteiger partial charge in [0.25, 0.3) is 12.3 Å². The molecular formula is C15H10ClF3N4OS. The molecule has 1 unspecified atom stereocenters. The minimum absolute atomic E-state index is 0.0812. The number of halogens is 4. The lowest BCUT2D eigenvalue weighted by atomic mass is 10.1. The topological polar surface area (TPSA) is 61.9 Å². The summed E-state index contributed by atoms with van der Waals surface area (Å²) in [6.07, 6.45) is -2.39. The monoisotopic (exact) mass is 386 g/mol. The molecule has 4 rings (SSSR count). The van der Waals surface area contributed by atoms with Gasteiger partial charge >= 0.3 is 0 Å². The van der Waals surface area contributed by atoms with Crippen LogP contribution in [-0.2, 0) is 6.42 Å². The van der Waals surface area contributed by atoms with E-state index in [1.165, 1.54) is 11.6 Å². The van der Waals surface area contributed by atoms with E-state index in [2.05, 4.69) is 15.0 Å². The van der Waals surface area contributed by atoms with Crippen LogP contribution in [0.15, 0.2) is 17.6 Å². The Morgan fingerprint density at radius 2 is 2.24 bits per heavy atom. The highest BCUT2D eigenvalue weighted by Gasteiger charge is 2.40. The van der Waals surface area contributed by atoms with E-state index in [4.69, 9.17) is 11.6 Å². The molecule has 25 heavy (non-hydrogen) atoms. The third-order valence-corrected chi connectivity index (χ3v) is 5.37. The van der Waals surface area contributed by atoms with Crippen LogP contribution in [0.1, 0.15) is 27.2 Å². The Labute approximate surface area is 148 Å². The van der Waals surface area contributed by atoms with Crippen LogP contribution in [0.2, 0.25) is 5.02 Å². The average molecular weight is 387 g/mol. The van der Waals surface area contributed by atoms with Crippen molar-refractivity contribution in [3.05, 3.63) is 44.9 Å². The maximum Gasteiger partial charge on any atom is 0.290 e. The molecule has 0 fully saturated rings. The van der Waals surface area contributed by atoms with E-state index < -0.39 is 24.2 Å². The average Bonchev–Trinajstić information content (AvgIpc) is 3.23. The van der Waals surface area contributed by atoms with Crippen LogP contribution in [0, 0.1) is 5.82 Å². The first-order chi connectivity index (χ1) is 12.0. The zero-order valence-corrected chi connectivity index (χ0v) is 14.0. The van der Waals surface area contributed by atoms with Crippen molar-refractivity contribution in [1.82, 2.24) is 19.9 Å². The van der Waals surface area contributed by atoms with Gasteiger partial charge in [-0.1, -0.05) is 11.6 Å². The summed E-state index contributed by atoms with van der Waals surface area (Å²) in [6, 6.07) is 1.07. The number of aromatic amines is 1. The minimum atomic E-state index is -2.77. The number of H-pyrrole nitrogens is 1. The number of carbonyl (C=O) groups excluding carboxylic acids is 1. The molecule has 1 atom stereocenters. The van der Waals surface area contributed by atoms with Gasteiger partial charge in [-0.3, -0.25) is 4.79 Å². The molecule has 1 aliphatic rings. The molecular weight excluding hydrogens is 377 g/mol. The van der Waals surface area contributed by atoms with Gasteiger partial charge in [-0.05, 0) is 12.1 Å². The van der Waals surface area contributed by atoms with E-state index in [0.717, 1.165) is 22.3 Å². The number of alkyl halides is 2. The molecule has 2 aromatic heterocycles. The van der Waals surface area contributed by atoms with Crippen LogP contribution >= 0.6 is 22.9 Å². The Kier molecular flexibility index (Phi) is 3.92. The third kappa shape index (κ3) is 2.58. The number of rotatable bonds is 2. The molecule has 0 aliphatic carbocycles. The quantitative estimate of drug-likeness (QED) is 0.728. The lowest BCUT2D eigenvalue weighted by Gasteiger charge is -2.33. The van der Waals surface area contributed by atoms with Crippen LogP contribution < -0.4 is 0 Å².